The molecular formula is C15H20F3NO3. The number of hydrogen-bond acceptors (Lipinski definition) is 3. The average molecular weight is 319 g/mol. The molecule has 0 bridgehead atoms. The Balaban J connectivity index is 2.76. The van der Waals surface area contributed by atoms with Crippen molar-refractivity contribution < 1.29 is 27.8 Å². The van der Waals surface area contributed by atoms with Crippen molar-refractivity contribution in [1.29, 1.82) is 0 Å². The van der Waals surface area contributed by atoms with Gasteiger partial charge in [0.05, 0.1) is 11.7 Å². The number of ether oxygens (including phenoxy) is 1. The molecule has 1 aromatic rings. The van der Waals surface area contributed by atoms with Gasteiger partial charge >= 0.3 is 6.18 Å². The van der Waals surface area contributed by atoms with Crippen LogP contribution in [0.25, 0.3) is 0 Å². The monoisotopic (exact) mass is 319 g/mol. The number of halogens is 3. The largest absolute Gasteiger partial charge is 0.480 e. The zero-order valence-electron chi connectivity index (χ0n) is 12.7. The van der Waals surface area contributed by atoms with E-state index in [1.165, 1.54) is 37.1 Å². The van der Waals surface area contributed by atoms with Gasteiger partial charge in [-0.1, -0.05) is 12.1 Å². The van der Waals surface area contributed by atoms with Gasteiger partial charge in [0.2, 0.25) is 0 Å². The highest BCUT2D eigenvalue weighted by Crippen LogP contribution is 2.36. The molecule has 0 radical (unpaired) electrons. The molecule has 1 aromatic carbocycles. The van der Waals surface area contributed by atoms with Crippen LogP contribution in [0.4, 0.5) is 13.2 Å². The second-order valence-corrected chi connectivity index (χ2v) is 5.15. The van der Waals surface area contributed by atoms with Crippen molar-refractivity contribution in [3.8, 4) is 5.75 Å². The lowest BCUT2D eigenvalue weighted by Crippen LogP contribution is -2.39. The van der Waals surface area contributed by atoms with Crippen LogP contribution in [0.1, 0.15) is 25.8 Å². The molecule has 2 atom stereocenters. The molecule has 0 spiro atoms. The lowest BCUT2D eigenvalue weighted by Gasteiger charge is -2.23. The highest BCUT2D eigenvalue weighted by molar-refractivity contribution is 5.80. The standard InChI is InChI=1S/C15H20F3NO3/c1-10(20)8-9-19(3)14(21)11(2)22-13-7-5-4-6-12(13)15(16,17)18/h4-7,10-11,20H,8-9H2,1-3H3. The average Bonchev–Trinajstić information content (AvgIpc) is 2.43. The highest BCUT2D eigenvalue weighted by Gasteiger charge is 2.35. The van der Waals surface area contributed by atoms with Crippen LogP contribution in [0.5, 0.6) is 5.75 Å². The number of rotatable bonds is 6. The SMILES string of the molecule is CC(O)CCN(C)C(=O)C(C)Oc1ccccc1C(F)(F)F. The highest BCUT2D eigenvalue weighted by atomic mass is 19.4. The van der Waals surface area contributed by atoms with Crippen LogP contribution >= 0.6 is 0 Å². The third-order valence-corrected chi connectivity index (χ3v) is 3.10. The molecule has 0 saturated heterocycles. The summed E-state index contributed by atoms with van der Waals surface area (Å²) in [5.74, 6) is -0.822. The van der Waals surface area contributed by atoms with Gasteiger partial charge in [-0.25, -0.2) is 0 Å². The number of para-hydroxylation sites is 1. The van der Waals surface area contributed by atoms with Gasteiger partial charge in [0, 0.05) is 13.6 Å². The van der Waals surface area contributed by atoms with Gasteiger partial charge in [0.25, 0.3) is 5.91 Å². The second-order valence-electron chi connectivity index (χ2n) is 5.15. The molecule has 22 heavy (non-hydrogen) atoms. The van der Waals surface area contributed by atoms with Gasteiger partial charge in [0.1, 0.15) is 5.75 Å². The Hall–Kier alpha value is -1.76. The van der Waals surface area contributed by atoms with E-state index in [0.717, 1.165) is 6.07 Å². The Bertz CT molecular complexity index is 503. The topological polar surface area (TPSA) is 49.8 Å². The van der Waals surface area contributed by atoms with E-state index in [-0.39, 0.29) is 5.75 Å². The molecular weight excluding hydrogens is 299 g/mol. The Labute approximate surface area is 127 Å². The summed E-state index contributed by atoms with van der Waals surface area (Å²) in [6.07, 6.45) is -5.77. The third kappa shape index (κ3) is 5.22. The summed E-state index contributed by atoms with van der Waals surface area (Å²) in [7, 11) is 1.51. The number of nitrogens with zero attached hydrogens (tertiary/aromatic N) is 1. The maximum atomic E-state index is 12.9. The minimum Gasteiger partial charge on any atom is -0.480 e. The number of carbonyl (C=O) groups excluding carboxylic acids is 1. The van der Waals surface area contributed by atoms with E-state index in [0.29, 0.717) is 13.0 Å². The number of carbonyl (C=O) groups is 1. The quantitative estimate of drug-likeness (QED) is 0.877. The predicted molar refractivity (Wildman–Crippen MR) is 75.5 cm³/mol. The number of alkyl halides is 3. The van der Waals surface area contributed by atoms with Gasteiger partial charge in [-0.3, -0.25) is 4.79 Å². The van der Waals surface area contributed by atoms with Gasteiger partial charge in [-0.15, -0.1) is 0 Å². The normalized spacial score (nSPS) is 14.3. The molecule has 0 aromatic heterocycles. The molecule has 0 fully saturated rings. The van der Waals surface area contributed by atoms with Crippen LogP contribution < -0.4 is 4.74 Å². The molecule has 4 nitrogen and oxygen atoms in total. The van der Waals surface area contributed by atoms with Crippen molar-refractivity contribution >= 4 is 5.91 Å². The van der Waals surface area contributed by atoms with Crippen molar-refractivity contribution in [3.05, 3.63) is 29.8 Å². The first-order chi connectivity index (χ1) is 10.1. The molecule has 0 aliphatic rings. The summed E-state index contributed by atoms with van der Waals surface area (Å²) < 4.78 is 43.8. The fourth-order valence-corrected chi connectivity index (χ4v) is 1.85. The summed E-state index contributed by atoms with van der Waals surface area (Å²) in [5, 5.41) is 9.19. The van der Waals surface area contributed by atoms with Crippen LogP contribution in [-0.2, 0) is 11.0 Å². The number of likely N-dealkylation sites (N-methyl/N-ethyl adjacent to an activating group) is 1. The Kier molecular flexibility index (Phi) is 6.22. The molecule has 0 aliphatic heterocycles. The van der Waals surface area contributed by atoms with Crippen LogP contribution in [0.2, 0.25) is 0 Å². The smallest absolute Gasteiger partial charge is 0.419 e. The number of amides is 1. The number of benzene rings is 1. The predicted octanol–water partition coefficient (Wildman–Crippen LogP) is 2.70. The zero-order valence-corrected chi connectivity index (χ0v) is 12.7. The molecule has 0 heterocycles. The Morgan fingerprint density at radius 3 is 2.45 bits per heavy atom. The summed E-state index contributed by atoms with van der Waals surface area (Å²) >= 11 is 0. The molecule has 7 heteroatoms. The van der Waals surface area contributed by atoms with Crippen LogP contribution in [0.3, 0.4) is 0 Å². The first kappa shape index (κ1) is 18.3. The summed E-state index contributed by atoms with van der Waals surface area (Å²) in [4.78, 5) is 13.4. The van der Waals surface area contributed by atoms with Gasteiger partial charge < -0.3 is 14.7 Å². The van der Waals surface area contributed by atoms with E-state index in [2.05, 4.69) is 0 Å². The van der Waals surface area contributed by atoms with Gasteiger partial charge in [0.15, 0.2) is 6.10 Å². The van der Waals surface area contributed by atoms with E-state index in [1.54, 1.807) is 6.92 Å². The number of hydrogen-bond donors (Lipinski definition) is 1. The van der Waals surface area contributed by atoms with E-state index in [1.807, 2.05) is 0 Å². The molecule has 1 N–H and O–H groups in total. The fraction of sp³-hybridized carbons (Fsp3) is 0.533. The minimum absolute atomic E-state index is 0.297. The van der Waals surface area contributed by atoms with Crippen molar-refractivity contribution in [2.24, 2.45) is 0 Å². The maximum absolute atomic E-state index is 12.9. The van der Waals surface area contributed by atoms with Crippen molar-refractivity contribution in [2.45, 2.75) is 38.7 Å². The van der Waals surface area contributed by atoms with E-state index in [4.69, 9.17) is 4.74 Å². The van der Waals surface area contributed by atoms with E-state index >= 15 is 0 Å². The van der Waals surface area contributed by atoms with Gasteiger partial charge in [-0.2, -0.15) is 13.2 Å². The summed E-state index contributed by atoms with van der Waals surface area (Å²) in [5.41, 5.74) is -0.915. The lowest BCUT2D eigenvalue weighted by atomic mass is 10.2. The van der Waals surface area contributed by atoms with Crippen molar-refractivity contribution in [2.75, 3.05) is 13.6 Å². The molecule has 0 aliphatic carbocycles. The van der Waals surface area contributed by atoms with Crippen molar-refractivity contribution in [3.63, 3.8) is 0 Å². The summed E-state index contributed by atoms with van der Waals surface area (Å²) in [6, 6.07) is 4.77. The third-order valence-electron chi connectivity index (χ3n) is 3.10. The first-order valence-corrected chi connectivity index (χ1v) is 6.89. The van der Waals surface area contributed by atoms with E-state index in [9.17, 15) is 23.1 Å². The molecule has 124 valence electrons. The van der Waals surface area contributed by atoms with Crippen LogP contribution in [-0.4, -0.2) is 41.7 Å². The first-order valence-electron chi connectivity index (χ1n) is 6.89. The molecule has 2 unspecified atom stereocenters. The van der Waals surface area contributed by atoms with Crippen LogP contribution in [0.15, 0.2) is 24.3 Å². The Morgan fingerprint density at radius 1 is 1.32 bits per heavy atom. The van der Waals surface area contributed by atoms with Crippen LogP contribution in [0, 0.1) is 0 Å². The molecule has 1 rings (SSSR count). The number of aliphatic hydroxyl groups excluding tert-OH is 1. The van der Waals surface area contributed by atoms with E-state index < -0.39 is 29.9 Å². The summed E-state index contributed by atoms with van der Waals surface area (Å²) in [6.45, 7) is 3.29. The molecule has 1 amide bonds. The Morgan fingerprint density at radius 2 is 1.91 bits per heavy atom. The number of aliphatic hydroxyl groups is 1. The van der Waals surface area contributed by atoms with Gasteiger partial charge in [-0.05, 0) is 32.4 Å². The maximum Gasteiger partial charge on any atom is 0.419 e. The minimum atomic E-state index is -4.54. The fourth-order valence-electron chi connectivity index (χ4n) is 1.85. The van der Waals surface area contributed by atoms with Crippen molar-refractivity contribution in [1.82, 2.24) is 4.90 Å². The molecule has 0 saturated carbocycles. The second kappa shape index (κ2) is 7.49. The lowest BCUT2D eigenvalue weighted by molar-refractivity contribution is -0.143. The zero-order chi connectivity index (χ0) is 16.9.